The lowest BCUT2D eigenvalue weighted by atomic mass is 9.36. The molecule has 0 amide bonds. The summed E-state index contributed by atoms with van der Waals surface area (Å²) in [4.78, 5) is 25.5. The van der Waals surface area contributed by atoms with Gasteiger partial charge in [0.05, 0.1) is 37.3 Å². The van der Waals surface area contributed by atoms with E-state index in [1.54, 1.807) is 12.5 Å². The average Bonchev–Trinajstić information content (AvgIpc) is 3.39. The molecule has 5 aliphatic rings. The van der Waals surface area contributed by atoms with Crippen LogP contribution in [0.3, 0.4) is 0 Å². The van der Waals surface area contributed by atoms with Gasteiger partial charge >= 0.3 is 5.97 Å². The molecule has 192 valence electrons. The first-order chi connectivity index (χ1) is 16.5. The molecule has 6 rings (SSSR count). The lowest BCUT2D eigenvalue weighted by Crippen LogP contribution is -2.74. The van der Waals surface area contributed by atoms with Crippen LogP contribution in [0.5, 0.6) is 0 Å². The third-order valence-corrected chi connectivity index (χ3v) is 11.1. The molecule has 4 saturated carbocycles. The molecule has 4 aliphatic carbocycles. The van der Waals surface area contributed by atoms with Gasteiger partial charge in [0, 0.05) is 36.5 Å². The molecule has 35 heavy (non-hydrogen) atoms. The third kappa shape index (κ3) is 2.88. The first-order valence-corrected chi connectivity index (χ1v) is 12.9. The highest BCUT2D eigenvalue weighted by Gasteiger charge is 2.75. The van der Waals surface area contributed by atoms with E-state index in [9.17, 15) is 24.9 Å². The van der Waals surface area contributed by atoms with E-state index in [1.807, 2.05) is 13.0 Å². The second-order valence-electron chi connectivity index (χ2n) is 12.3. The second-order valence-corrected chi connectivity index (χ2v) is 12.3. The fourth-order valence-electron chi connectivity index (χ4n) is 9.90. The summed E-state index contributed by atoms with van der Waals surface area (Å²) >= 11 is 0. The zero-order valence-corrected chi connectivity index (χ0v) is 20.6. The van der Waals surface area contributed by atoms with Crippen molar-refractivity contribution in [2.24, 2.45) is 39.9 Å². The largest absolute Gasteiger partial charge is 0.472 e. The van der Waals surface area contributed by atoms with Gasteiger partial charge in [0.15, 0.2) is 6.29 Å². The van der Waals surface area contributed by atoms with Gasteiger partial charge in [-0.1, -0.05) is 13.8 Å². The molecular weight excluding hydrogens is 452 g/mol. The number of aliphatic hydroxyl groups is 3. The number of carbonyl (C=O) groups excluding carboxylic acids is 2. The minimum absolute atomic E-state index is 0.0285. The summed E-state index contributed by atoms with van der Waals surface area (Å²) in [5.74, 6) is -1.61. The number of carbonyl (C=O) groups is 2. The number of rotatable bonds is 2. The van der Waals surface area contributed by atoms with Gasteiger partial charge in [-0.2, -0.15) is 0 Å². The van der Waals surface area contributed by atoms with E-state index in [0.29, 0.717) is 12.8 Å². The van der Waals surface area contributed by atoms with Crippen molar-refractivity contribution in [3.63, 3.8) is 0 Å². The summed E-state index contributed by atoms with van der Waals surface area (Å²) in [5.41, 5.74) is -0.766. The summed E-state index contributed by atoms with van der Waals surface area (Å²) in [7, 11) is 0. The van der Waals surface area contributed by atoms with Crippen LogP contribution < -0.4 is 0 Å². The van der Waals surface area contributed by atoms with Crippen LogP contribution >= 0.6 is 0 Å². The molecule has 12 unspecified atom stereocenters. The van der Waals surface area contributed by atoms with E-state index in [-0.39, 0.29) is 47.9 Å². The van der Waals surface area contributed by atoms with Crippen LogP contribution in [0, 0.1) is 39.9 Å². The molecule has 1 aromatic heterocycles. The van der Waals surface area contributed by atoms with E-state index >= 15 is 0 Å². The lowest BCUT2D eigenvalue weighted by molar-refractivity contribution is -0.347. The molecule has 0 radical (unpaired) electrons. The van der Waals surface area contributed by atoms with Crippen molar-refractivity contribution in [3.8, 4) is 0 Å². The van der Waals surface area contributed by atoms with Crippen molar-refractivity contribution >= 4 is 11.8 Å². The molecule has 8 nitrogen and oxygen atoms in total. The van der Waals surface area contributed by atoms with Gasteiger partial charge in [-0.3, -0.25) is 9.59 Å². The Labute approximate surface area is 205 Å². The summed E-state index contributed by atoms with van der Waals surface area (Å²) in [6, 6.07) is 1.94. The quantitative estimate of drug-likeness (QED) is 0.542. The smallest absolute Gasteiger partial charge is 0.302 e. The average molecular weight is 489 g/mol. The second kappa shape index (κ2) is 7.63. The van der Waals surface area contributed by atoms with E-state index in [4.69, 9.17) is 13.9 Å². The minimum Gasteiger partial charge on any atom is -0.472 e. The van der Waals surface area contributed by atoms with Crippen molar-refractivity contribution in [3.05, 3.63) is 24.2 Å². The number of furan rings is 1. The third-order valence-electron chi connectivity index (χ3n) is 11.1. The first kappa shape index (κ1) is 23.6. The number of ketones is 1. The molecular formula is C27H36O8. The fourth-order valence-corrected chi connectivity index (χ4v) is 9.90. The summed E-state index contributed by atoms with van der Waals surface area (Å²) in [6.45, 7) is 5.70. The Hall–Kier alpha value is -1.74. The van der Waals surface area contributed by atoms with Crippen molar-refractivity contribution in [1.29, 1.82) is 0 Å². The van der Waals surface area contributed by atoms with Crippen molar-refractivity contribution < 1.29 is 38.8 Å². The Morgan fingerprint density at radius 1 is 1.17 bits per heavy atom. The predicted molar refractivity (Wildman–Crippen MR) is 122 cm³/mol. The molecule has 2 bridgehead atoms. The molecule has 1 aromatic rings. The number of hydrogen-bond acceptors (Lipinski definition) is 8. The highest BCUT2D eigenvalue weighted by atomic mass is 16.6. The number of Topliss-reactive ketones (excluding diaryl/α,β-unsaturated/α-hetero) is 1. The molecule has 1 saturated heterocycles. The molecule has 12 atom stereocenters. The van der Waals surface area contributed by atoms with Crippen molar-refractivity contribution in [2.45, 2.75) is 83.4 Å². The topological polar surface area (TPSA) is 126 Å². The molecule has 1 aliphatic heterocycles. The zero-order chi connectivity index (χ0) is 24.9. The van der Waals surface area contributed by atoms with Gasteiger partial charge in [-0.25, -0.2) is 0 Å². The lowest BCUT2D eigenvalue weighted by Gasteiger charge is -2.70. The molecule has 0 aromatic carbocycles. The van der Waals surface area contributed by atoms with Gasteiger partial charge in [-0.05, 0) is 54.1 Å². The molecule has 3 N–H and O–H groups in total. The number of fused-ring (bicyclic) bond motifs is 3. The van der Waals surface area contributed by atoms with Crippen LogP contribution in [0.2, 0.25) is 0 Å². The van der Waals surface area contributed by atoms with Gasteiger partial charge in [0.1, 0.15) is 11.9 Å². The molecule has 8 heteroatoms. The Bertz CT molecular complexity index is 1020. The van der Waals surface area contributed by atoms with Crippen LogP contribution in [0.1, 0.15) is 64.4 Å². The standard InChI is InChI=1S/C27H36O8/c1-13(28)35-18-10-21(31)27-12-34-24(32)22(18)16(27)9-20(30)26(3)19(27)4-6-25(2)15(8-17(29)23(25)26)14-5-7-33-11-14/h5,7,11,15-16,18-24,30-32H,4,6,8-10,12H2,1-3H3. The van der Waals surface area contributed by atoms with Crippen LogP contribution in [0.4, 0.5) is 0 Å². The number of ether oxygens (including phenoxy) is 2. The Balaban J connectivity index is 1.43. The van der Waals surface area contributed by atoms with Crippen molar-refractivity contribution in [1.82, 2.24) is 0 Å². The van der Waals surface area contributed by atoms with E-state index in [1.165, 1.54) is 6.92 Å². The Morgan fingerprint density at radius 3 is 2.63 bits per heavy atom. The van der Waals surface area contributed by atoms with Crippen LogP contribution in [0.15, 0.2) is 23.0 Å². The summed E-state index contributed by atoms with van der Waals surface area (Å²) in [5, 5.41) is 34.3. The number of esters is 1. The van der Waals surface area contributed by atoms with Crippen molar-refractivity contribution in [2.75, 3.05) is 6.61 Å². The molecule has 5 fully saturated rings. The van der Waals surface area contributed by atoms with Gasteiger partial charge < -0.3 is 29.2 Å². The SMILES string of the molecule is CC(=O)OC1CC(O)C23COC(O)C1C2CC(O)C1(C)C2C(=O)CC(c4ccoc4)C2(C)CCC13. The molecule has 0 spiro atoms. The highest BCUT2D eigenvalue weighted by molar-refractivity contribution is 5.87. The maximum atomic E-state index is 13.7. The predicted octanol–water partition coefficient (Wildman–Crippen LogP) is 2.40. The maximum Gasteiger partial charge on any atom is 0.302 e. The van der Waals surface area contributed by atoms with Gasteiger partial charge in [0.25, 0.3) is 0 Å². The fraction of sp³-hybridized carbons (Fsp3) is 0.778. The Morgan fingerprint density at radius 2 is 1.94 bits per heavy atom. The minimum atomic E-state index is -1.13. The summed E-state index contributed by atoms with van der Waals surface area (Å²) < 4.78 is 16.8. The van der Waals surface area contributed by atoms with Gasteiger partial charge in [0.2, 0.25) is 0 Å². The Kier molecular flexibility index (Phi) is 5.16. The van der Waals surface area contributed by atoms with E-state index in [2.05, 4.69) is 6.92 Å². The number of aliphatic hydroxyl groups excluding tert-OH is 3. The first-order valence-electron chi connectivity index (χ1n) is 12.9. The van der Waals surface area contributed by atoms with E-state index in [0.717, 1.165) is 18.4 Å². The zero-order valence-electron chi connectivity index (χ0n) is 20.6. The highest BCUT2D eigenvalue weighted by Crippen LogP contribution is 2.74. The monoisotopic (exact) mass is 488 g/mol. The van der Waals surface area contributed by atoms with Crippen LogP contribution in [-0.4, -0.2) is 58.3 Å². The maximum absolute atomic E-state index is 13.7. The number of hydrogen-bond donors (Lipinski definition) is 3. The molecule has 2 heterocycles. The van der Waals surface area contributed by atoms with Gasteiger partial charge in [-0.15, -0.1) is 0 Å². The normalized spacial score (nSPS) is 52.9. The van der Waals surface area contributed by atoms with Crippen LogP contribution in [-0.2, 0) is 19.1 Å². The van der Waals surface area contributed by atoms with E-state index < -0.39 is 47.3 Å². The van der Waals surface area contributed by atoms with Crippen LogP contribution in [0.25, 0.3) is 0 Å². The summed E-state index contributed by atoms with van der Waals surface area (Å²) in [6.07, 6.45) is 2.42.